The van der Waals surface area contributed by atoms with E-state index in [4.69, 9.17) is 47.4 Å². The van der Waals surface area contributed by atoms with Crippen molar-refractivity contribution in [1.29, 1.82) is 0 Å². The molecule has 19 N–H and O–H groups in total. The summed E-state index contributed by atoms with van der Waals surface area (Å²) in [5, 5.41) is 189. The first-order valence-electron chi connectivity index (χ1n) is 27.0. The van der Waals surface area contributed by atoms with Gasteiger partial charge in [-0.25, -0.2) is 9.59 Å². The van der Waals surface area contributed by atoms with Gasteiger partial charge in [0.2, 0.25) is 18.9 Å². The zero-order valence-corrected chi connectivity index (χ0v) is 45.9. The molecule has 0 amide bonds. The number of aliphatic hydroxyl groups is 13. The van der Waals surface area contributed by atoms with E-state index in [1.807, 2.05) is 0 Å². The van der Waals surface area contributed by atoms with E-state index in [0.29, 0.717) is 11.1 Å². The maximum atomic E-state index is 13.1. The lowest BCUT2D eigenvalue weighted by Crippen LogP contribution is -2.61. The summed E-state index contributed by atoms with van der Waals surface area (Å²) >= 11 is 0. The normalized spacial score (nSPS) is 34.1. The van der Waals surface area contributed by atoms with Gasteiger partial charge in [-0.15, -0.1) is 0 Å². The van der Waals surface area contributed by atoms with Gasteiger partial charge in [-0.3, -0.25) is 0 Å². The van der Waals surface area contributed by atoms with Gasteiger partial charge in [0.25, 0.3) is 11.9 Å². The van der Waals surface area contributed by atoms with Gasteiger partial charge < -0.3 is 144 Å². The minimum Gasteiger partial charge on any atom is -0.571 e. The number of carbonyl (C=O) groups excluding carboxylic acids is 2. The van der Waals surface area contributed by atoms with Gasteiger partial charge in [0.05, 0.1) is 30.9 Å². The van der Waals surface area contributed by atoms with Gasteiger partial charge in [0.1, 0.15) is 115 Å². The van der Waals surface area contributed by atoms with Crippen LogP contribution in [0.2, 0.25) is 0 Å². The van der Waals surface area contributed by atoms with E-state index in [1.165, 1.54) is 67.6 Å². The highest BCUT2D eigenvalue weighted by Crippen LogP contribution is 2.49. The first-order chi connectivity index (χ1) is 41.8. The lowest BCUT2D eigenvalue weighted by Gasteiger charge is -2.43. The number of aliphatic hydroxyl groups excluding tert-OH is 12. The van der Waals surface area contributed by atoms with Crippen molar-refractivity contribution >= 4 is 30.2 Å². The number of carbonyl (C=O) groups is 2. The van der Waals surface area contributed by atoms with Crippen LogP contribution in [0.4, 0.5) is 0 Å². The topological polar surface area (TPSA) is 503 Å². The average molecular weight is 1250 g/mol. The molecule has 0 radical (unpaired) electrons. The summed E-state index contributed by atoms with van der Waals surface area (Å²) in [4.78, 5) is 25.4. The van der Waals surface area contributed by atoms with Crippen LogP contribution >= 0.6 is 0 Å². The quantitative estimate of drug-likeness (QED) is 0.0202. The molecule has 478 valence electrons. The van der Waals surface area contributed by atoms with Gasteiger partial charge in [0, 0.05) is 24.3 Å². The largest absolute Gasteiger partial charge is 0.571 e. The number of phenolic OH excluding ortho intramolecular Hbond substituents is 6. The lowest BCUT2D eigenvalue weighted by molar-refractivity contribution is -0.325. The number of aromatic hydroxyl groups is 7. The molecule has 0 spiro atoms. The van der Waals surface area contributed by atoms with E-state index in [0.717, 1.165) is 36.4 Å². The fourth-order valence-electron chi connectivity index (χ4n) is 9.86. The van der Waals surface area contributed by atoms with E-state index in [-0.39, 0.29) is 39.9 Å². The highest BCUT2D eigenvalue weighted by molar-refractivity contribution is 5.88. The number of hydrogen-bond acceptors (Lipinski definition) is 30. The van der Waals surface area contributed by atoms with E-state index < -0.39 is 189 Å². The van der Waals surface area contributed by atoms with Crippen molar-refractivity contribution in [1.82, 2.24) is 0 Å². The molecule has 31 heteroatoms. The Labute approximate surface area is 496 Å². The van der Waals surface area contributed by atoms with Crippen molar-refractivity contribution in [2.24, 2.45) is 0 Å². The van der Waals surface area contributed by atoms with Crippen molar-refractivity contribution < 1.29 is 154 Å². The third-order valence-corrected chi connectivity index (χ3v) is 14.8. The van der Waals surface area contributed by atoms with Crippen molar-refractivity contribution in [2.75, 3.05) is 19.8 Å². The highest BCUT2D eigenvalue weighted by atomic mass is 16.7. The molecular formula is C57H65O31+. The second kappa shape index (κ2) is 27.4. The Morgan fingerprint density at radius 3 is 1.70 bits per heavy atom. The lowest BCUT2D eigenvalue weighted by atomic mass is 9.98. The molecule has 88 heavy (non-hydrogen) atoms. The molecule has 5 aliphatic rings. The number of fused-ring (bicyclic) bond motifs is 1. The van der Waals surface area contributed by atoms with Gasteiger partial charge in [-0.05, 0) is 66.6 Å². The molecule has 31 nitrogen and oxygen atoms in total. The molecule has 4 fully saturated rings. The second-order valence-corrected chi connectivity index (χ2v) is 21.0. The van der Waals surface area contributed by atoms with E-state index >= 15 is 0 Å². The summed E-state index contributed by atoms with van der Waals surface area (Å²) in [5.41, 5.74) is 0.622. The summed E-state index contributed by atoms with van der Waals surface area (Å²) in [6.45, 7) is -0.754. The Hall–Kier alpha value is -7.64. The van der Waals surface area contributed by atoms with Crippen molar-refractivity contribution in [3.63, 3.8) is 0 Å². The van der Waals surface area contributed by atoms with Crippen molar-refractivity contribution in [2.45, 2.75) is 136 Å². The third kappa shape index (κ3) is 14.3. The van der Waals surface area contributed by atoms with Gasteiger partial charge in [-0.2, -0.15) is 0 Å². The van der Waals surface area contributed by atoms with Gasteiger partial charge in [-0.1, -0.05) is 18.2 Å². The smallest absolute Gasteiger partial charge is 0.331 e. The first-order valence-corrected chi connectivity index (χ1v) is 27.0. The molecule has 0 bridgehead atoms. The predicted octanol–water partition coefficient (Wildman–Crippen LogP) is -3.19. The molecule has 21 atom stereocenters. The SMILES string of the molecule is CC1OC(OCC2OC(OC3=Cc4c(OC5OC(CO)C(O)C(O)C5O)cc(O)cc4[OH+]C3c3cc(O)c(O)c(O)c3)C(O)C(O)C2O)C(O)C(O)C1OC(=O)C=Cc1ccc(OC2OC(COC(=O)C=Cc3ccc(O)c(O)c3)C(O)C(O)C2O)cc1. The molecule has 9 rings (SSSR count). The fourth-order valence-corrected chi connectivity index (χ4v) is 9.86. The molecule has 5 aliphatic heterocycles. The number of ether oxygens (including phenoxy) is 11. The van der Waals surface area contributed by atoms with Crippen molar-refractivity contribution in [3.8, 4) is 51.7 Å². The summed E-state index contributed by atoms with van der Waals surface area (Å²) in [7, 11) is 0. The van der Waals surface area contributed by atoms with E-state index in [1.54, 1.807) is 0 Å². The minimum atomic E-state index is -2.06. The number of rotatable bonds is 18. The van der Waals surface area contributed by atoms with Crippen LogP contribution in [0.15, 0.2) is 84.6 Å². The van der Waals surface area contributed by atoms with Gasteiger partial charge >= 0.3 is 11.9 Å². The first kappa shape index (κ1) is 64.8. The summed E-state index contributed by atoms with van der Waals surface area (Å²) in [6.07, 6.45) is -30.3. The van der Waals surface area contributed by atoms with E-state index in [2.05, 4.69) is 4.74 Å². The number of benzene rings is 4. The molecule has 4 aromatic rings. The molecule has 5 heterocycles. The third-order valence-electron chi connectivity index (χ3n) is 14.8. The Bertz CT molecular complexity index is 3170. The summed E-state index contributed by atoms with van der Waals surface area (Å²) < 4.78 is 61.3. The Balaban J connectivity index is 0.803. The maximum absolute atomic E-state index is 13.1. The Kier molecular flexibility index (Phi) is 20.2. The van der Waals surface area contributed by atoms with Crippen LogP contribution in [-0.2, 0) is 47.5 Å². The molecule has 21 unspecified atom stereocenters. The molecule has 4 aromatic carbocycles. The Morgan fingerprint density at radius 2 is 1.08 bits per heavy atom. The maximum Gasteiger partial charge on any atom is 0.331 e. The Morgan fingerprint density at radius 1 is 0.534 bits per heavy atom. The van der Waals surface area contributed by atoms with Crippen LogP contribution < -0.4 is 9.47 Å². The van der Waals surface area contributed by atoms with Crippen LogP contribution in [0.1, 0.15) is 35.3 Å². The molecule has 0 saturated carbocycles. The van der Waals surface area contributed by atoms with Crippen LogP contribution in [0.25, 0.3) is 18.2 Å². The van der Waals surface area contributed by atoms with Crippen LogP contribution in [0.5, 0.6) is 51.7 Å². The van der Waals surface area contributed by atoms with Crippen molar-refractivity contribution in [3.05, 3.63) is 107 Å². The zero-order chi connectivity index (χ0) is 63.6. The fraction of sp³-hybridized carbons (Fsp3) is 0.439. The van der Waals surface area contributed by atoms with Crippen LogP contribution in [-0.4, -0.2) is 251 Å². The second-order valence-electron chi connectivity index (χ2n) is 21.0. The molecule has 0 aromatic heterocycles. The van der Waals surface area contributed by atoms with Crippen LogP contribution in [0.3, 0.4) is 0 Å². The standard InChI is InChI=1S/C57H64O31/c1-21-52(88-39(65)11-5-22-2-7-26(8-3-22)81-55-48(74)45(71)42(68)36(86-55)19-78-38(64)10-6-23-4-9-28(60)29(61)12-23)47(73)51(77)54(80-21)79-20-37-43(69)46(72)50(76)57(87-37)84-34-17-27-32(82-53(34)24-13-30(62)40(66)31(63)14-24)15-25(59)16-33(27)83-56-49(75)44(70)41(67)35(18-58)85-56/h2-17,21,35-37,41-63,66-77H,18-20H2,1H3/p+1. The number of esters is 2. The number of hydrogen-bond donors (Lipinski definition) is 18. The highest BCUT2D eigenvalue weighted by Gasteiger charge is 2.51. The monoisotopic (exact) mass is 1250 g/mol. The minimum absolute atomic E-state index is 0.0484. The molecular weight excluding hydrogens is 1180 g/mol. The molecule has 0 aliphatic carbocycles. The molecule has 4 saturated heterocycles. The average Bonchev–Trinajstić information content (AvgIpc) is 1.11. The summed E-state index contributed by atoms with van der Waals surface area (Å²) in [5.74, 6) is -6.30. The van der Waals surface area contributed by atoms with Crippen LogP contribution in [0, 0.1) is 0 Å². The zero-order valence-electron chi connectivity index (χ0n) is 45.9. The number of phenols is 6. The predicted molar refractivity (Wildman–Crippen MR) is 289 cm³/mol. The van der Waals surface area contributed by atoms with E-state index in [9.17, 15) is 102 Å². The summed E-state index contributed by atoms with van der Waals surface area (Å²) in [6, 6.07) is 13.7. The van der Waals surface area contributed by atoms with Gasteiger partial charge in [0.15, 0.2) is 46.9 Å².